The van der Waals surface area contributed by atoms with E-state index < -0.39 is 9.84 Å². The minimum absolute atomic E-state index is 0.321. The molecule has 0 fully saturated rings. The molecule has 21 heavy (non-hydrogen) atoms. The highest BCUT2D eigenvalue weighted by molar-refractivity contribution is 7.90. The first-order valence-corrected chi connectivity index (χ1v) is 8.34. The topological polar surface area (TPSA) is 84.0 Å². The van der Waals surface area contributed by atoms with Crippen LogP contribution in [-0.4, -0.2) is 31.7 Å². The van der Waals surface area contributed by atoms with Gasteiger partial charge in [0.05, 0.1) is 4.90 Å². The first-order valence-electron chi connectivity index (χ1n) is 6.45. The first-order chi connectivity index (χ1) is 9.88. The maximum Gasteiger partial charge on any atom is 0.224 e. The van der Waals surface area contributed by atoms with Crippen LogP contribution in [0.15, 0.2) is 35.2 Å². The molecule has 0 atom stereocenters. The lowest BCUT2D eigenvalue weighted by molar-refractivity contribution is 0.602. The summed E-state index contributed by atoms with van der Waals surface area (Å²) in [7, 11) is -1.38. The summed E-state index contributed by atoms with van der Waals surface area (Å²) in [4.78, 5) is 8.83. The van der Waals surface area contributed by atoms with Crippen molar-refractivity contribution in [1.29, 1.82) is 0 Å². The number of hydrogen-bond donors (Lipinski definition) is 2. The molecule has 2 N–H and O–H groups in total. The van der Waals surface area contributed by atoms with Crippen molar-refractivity contribution in [2.24, 2.45) is 0 Å². The zero-order valence-corrected chi connectivity index (χ0v) is 13.0. The number of aryl methyl sites for hydroxylation is 1. The van der Waals surface area contributed by atoms with Gasteiger partial charge in [-0.25, -0.2) is 13.4 Å². The van der Waals surface area contributed by atoms with E-state index in [-0.39, 0.29) is 0 Å². The van der Waals surface area contributed by atoms with Crippen LogP contribution in [0, 0.1) is 6.92 Å². The number of nitrogens with zero attached hydrogens (tertiary/aromatic N) is 2. The number of benzene rings is 1. The molecule has 1 heterocycles. The lowest BCUT2D eigenvalue weighted by Crippen LogP contribution is -2.05. The SMILES string of the molecule is CNc1nc(C)cc(NCc2ccc(S(C)(=O)=O)cc2)n1. The first kappa shape index (κ1) is 15.2. The molecule has 7 heteroatoms. The van der Waals surface area contributed by atoms with E-state index in [1.54, 1.807) is 31.3 Å². The lowest BCUT2D eigenvalue weighted by Gasteiger charge is -2.08. The Hall–Kier alpha value is -2.15. The molecule has 2 rings (SSSR count). The number of aromatic nitrogens is 2. The third-order valence-corrected chi connectivity index (χ3v) is 4.03. The van der Waals surface area contributed by atoms with Crippen LogP contribution in [-0.2, 0) is 16.4 Å². The van der Waals surface area contributed by atoms with E-state index in [0.29, 0.717) is 17.4 Å². The molecule has 0 radical (unpaired) electrons. The number of sulfone groups is 1. The molecule has 0 amide bonds. The quantitative estimate of drug-likeness (QED) is 0.877. The fourth-order valence-corrected chi connectivity index (χ4v) is 2.45. The van der Waals surface area contributed by atoms with Crippen molar-refractivity contribution < 1.29 is 8.42 Å². The highest BCUT2D eigenvalue weighted by atomic mass is 32.2. The number of rotatable bonds is 5. The van der Waals surface area contributed by atoms with Crippen molar-refractivity contribution in [3.63, 3.8) is 0 Å². The van der Waals surface area contributed by atoms with Crippen molar-refractivity contribution in [3.8, 4) is 0 Å². The van der Waals surface area contributed by atoms with E-state index >= 15 is 0 Å². The average Bonchev–Trinajstić information content (AvgIpc) is 2.44. The molecule has 112 valence electrons. The highest BCUT2D eigenvalue weighted by Gasteiger charge is 2.06. The third-order valence-electron chi connectivity index (χ3n) is 2.90. The van der Waals surface area contributed by atoms with Crippen molar-refractivity contribution in [1.82, 2.24) is 9.97 Å². The molecule has 0 saturated carbocycles. The van der Waals surface area contributed by atoms with Crippen molar-refractivity contribution >= 4 is 21.6 Å². The minimum Gasteiger partial charge on any atom is -0.366 e. The van der Waals surface area contributed by atoms with Crippen molar-refractivity contribution in [2.45, 2.75) is 18.4 Å². The summed E-state index contributed by atoms with van der Waals surface area (Å²) < 4.78 is 22.8. The molecule has 0 bridgehead atoms. The summed E-state index contributed by atoms with van der Waals surface area (Å²) >= 11 is 0. The second-order valence-electron chi connectivity index (χ2n) is 4.74. The molecular weight excluding hydrogens is 288 g/mol. The van der Waals surface area contributed by atoms with Gasteiger partial charge in [0.15, 0.2) is 9.84 Å². The fourth-order valence-electron chi connectivity index (χ4n) is 1.82. The van der Waals surface area contributed by atoms with E-state index in [2.05, 4.69) is 20.6 Å². The molecule has 0 aliphatic heterocycles. The molecule has 0 saturated heterocycles. The van der Waals surface area contributed by atoms with Crippen LogP contribution in [0.25, 0.3) is 0 Å². The molecule has 1 aromatic carbocycles. The Labute approximate surface area is 124 Å². The molecule has 6 nitrogen and oxygen atoms in total. The highest BCUT2D eigenvalue weighted by Crippen LogP contribution is 2.13. The van der Waals surface area contributed by atoms with Crippen LogP contribution in [0.2, 0.25) is 0 Å². The molecule has 0 unspecified atom stereocenters. The van der Waals surface area contributed by atoms with Gasteiger partial charge >= 0.3 is 0 Å². The van der Waals surface area contributed by atoms with E-state index in [0.717, 1.165) is 17.1 Å². The Kier molecular flexibility index (Phi) is 4.42. The lowest BCUT2D eigenvalue weighted by atomic mass is 10.2. The number of anilines is 2. The molecule has 1 aromatic heterocycles. The predicted octanol–water partition coefficient (Wildman–Crippen LogP) is 1.84. The second kappa shape index (κ2) is 6.09. The largest absolute Gasteiger partial charge is 0.366 e. The smallest absolute Gasteiger partial charge is 0.224 e. The summed E-state index contributed by atoms with van der Waals surface area (Å²) in [5.41, 5.74) is 1.84. The zero-order valence-electron chi connectivity index (χ0n) is 12.2. The summed E-state index contributed by atoms with van der Waals surface area (Å²) in [5, 5.41) is 6.10. The zero-order chi connectivity index (χ0) is 15.5. The normalized spacial score (nSPS) is 11.2. The Bertz CT molecular complexity index is 727. The van der Waals surface area contributed by atoms with E-state index in [1.165, 1.54) is 6.26 Å². The van der Waals surface area contributed by atoms with Gasteiger partial charge < -0.3 is 10.6 Å². The minimum atomic E-state index is -3.15. The van der Waals surface area contributed by atoms with Gasteiger partial charge in [-0.15, -0.1) is 0 Å². The van der Waals surface area contributed by atoms with Gasteiger partial charge in [-0.1, -0.05) is 12.1 Å². The van der Waals surface area contributed by atoms with Gasteiger partial charge in [0.25, 0.3) is 0 Å². The van der Waals surface area contributed by atoms with Gasteiger partial charge in [-0.3, -0.25) is 0 Å². The van der Waals surface area contributed by atoms with E-state index in [9.17, 15) is 8.42 Å². The van der Waals surface area contributed by atoms with Gasteiger partial charge in [0.2, 0.25) is 5.95 Å². The standard InChI is InChI=1S/C14H18N4O2S/c1-10-8-13(18-14(15-2)17-10)16-9-11-4-6-12(7-5-11)21(3,19)20/h4-8H,9H2,1-3H3,(H2,15,16,17,18). The Morgan fingerprint density at radius 1 is 1.14 bits per heavy atom. The fraction of sp³-hybridized carbons (Fsp3) is 0.286. The van der Waals surface area contributed by atoms with Crippen LogP contribution < -0.4 is 10.6 Å². The summed E-state index contributed by atoms with van der Waals surface area (Å²) in [6.07, 6.45) is 1.20. The molecule has 0 aliphatic rings. The number of nitrogens with one attached hydrogen (secondary N) is 2. The Morgan fingerprint density at radius 2 is 1.81 bits per heavy atom. The van der Waals surface area contributed by atoms with Gasteiger partial charge in [0, 0.05) is 31.6 Å². The van der Waals surface area contributed by atoms with E-state index in [4.69, 9.17) is 0 Å². The van der Waals surface area contributed by atoms with Crippen LogP contribution in [0.1, 0.15) is 11.3 Å². The van der Waals surface area contributed by atoms with Crippen LogP contribution >= 0.6 is 0 Å². The van der Waals surface area contributed by atoms with Crippen LogP contribution in [0.5, 0.6) is 0 Å². The summed E-state index contributed by atoms with van der Waals surface area (Å²) in [5.74, 6) is 1.28. The molecular formula is C14H18N4O2S. The Morgan fingerprint density at radius 3 is 2.38 bits per heavy atom. The molecule has 0 aliphatic carbocycles. The van der Waals surface area contributed by atoms with Crippen LogP contribution in [0.3, 0.4) is 0 Å². The summed E-state index contributed by atoms with van der Waals surface area (Å²) in [6, 6.07) is 8.64. The Balaban J connectivity index is 2.08. The van der Waals surface area contributed by atoms with E-state index in [1.807, 2.05) is 13.0 Å². The maximum atomic E-state index is 11.4. The molecule has 2 aromatic rings. The predicted molar refractivity (Wildman–Crippen MR) is 83.2 cm³/mol. The average molecular weight is 306 g/mol. The van der Waals surface area contributed by atoms with Gasteiger partial charge in [-0.05, 0) is 24.6 Å². The van der Waals surface area contributed by atoms with Crippen molar-refractivity contribution in [2.75, 3.05) is 23.9 Å². The monoisotopic (exact) mass is 306 g/mol. The maximum absolute atomic E-state index is 11.4. The second-order valence-corrected chi connectivity index (χ2v) is 6.75. The van der Waals surface area contributed by atoms with Gasteiger partial charge in [-0.2, -0.15) is 4.98 Å². The van der Waals surface area contributed by atoms with Gasteiger partial charge in [0.1, 0.15) is 5.82 Å². The number of hydrogen-bond acceptors (Lipinski definition) is 6. The summed E-state index contributed by atoms with van der Waals surface area (Å²) in [6.45, 7) is 2.46. The molecule has 0 spiro atoms. The third kappa shape index (κ3) is 4.16. The van der Waals surface area contributed by atoms with Crippen molar-refractivity contribution in [3.05, 3.63) is 41.6 Å². The van der Waals surface area contributed by atoms with Crippen LogP contribution in [0.4, 0.5) is 11.8 Å².